The molecule has 0 atom stereocenters. The zero-order chi connectivity index (χ0) is 12.7. The fourth-order valence-electron chi connectivity index (χ4n) is 0.636. The lowest BCUT2D eigenvalue weighted by molar-refractivity contribution is -0.344. The Balaban J connectivity index is 3.36. The van der Waals surface area contributed by atoms with Gasteiger partial charge >= 0.3 is 0 Å². The fourth-order valence-corrected chi connectivity index (χ4v) is 0.636. The van der Waals surface area contributed by atoms with Crippen LogP contribution in [0.5, 0.6) is 0 Å². The second-order valence-corrected chi connectivity index (χ2v) is 5.43. The van der Waals surface area contributed by atoms with Crippen molar-refractivity contribution in [1.82, 2.24) is 0 Å². The van der Waals surface area contributed by atoms with Gasteiger partial charge in [0, 0.05) is 0 Å². The zero-order valence-corrected chi connectivity index (χ0v) is 11.2. The van der Waals surface area contributed by atoms with Gasteiger partial charge in [0.25, 0.3) is 0 Å². The van der Waals surface area contributed by atoms with Crippen LogP contribution in [0, 0.1) is 0 Å². The fraction of sp³-hybridized carbons (Fsp3) is 0.833. The first kappa shape index (κ1) is 15.6. The first-order chi connectivity index (χ1) is 7.21. The van der Waals surface area contributed by atoms with Gasteiger partial charge < -0.3 is 0 Å². The van der Waals surface area contributed by atoms with E-state index < -0.39 is 0 Å². The molecule has 4 nitrogen and oxygen atoms in total. The maximum Gasteiger partial charge on any atom is 0.100 e. The van der Waals surface area contributed by atoms with E-state index in [0.29, 0.717) is 13.2 Å². The van der Waals surface area contributed by atoms with Gasteiger partial charge in [-0.1, -0.05) is 12.2 Å². The molecule has 0 heterocycles. The Morgan fingerprint density at radius 3 is 1.25 bits per heavy atom. The highest BCUT2D eigenvalue weighted by Crippen LogP contribution is 2.07. The van der Waals surface area contributed by atoms with E-state index >= 15 is 0 Å². The molecule has 0 spiro atoms. The number of hydrogen-bond donors (Lipinski definition) is 0. The van der Waals surface area contributed by atoms with Gasteiger partial charge in [-0.05, 0) is 41.5 Å². The average Bonchev–Trinajstić information content (AvgIpc) is 2.06. The molecular formula is C12H24O4. The van der Waals surface area contributed by atoms with Crippen molar-refractivity contribution < 1.29 is 19.6 Å². The molecule has 0 aromatic rings. The third kappa shape index (κ3) is 13.6. The first-order valence-electron chi connectivity index (χ1n) is 5.47. The zero-order valence-electron chi connectivity index (χ0n) is 11.2. The molecule has 16 heavy (non-hydrogen) atoms. The average molecular weight is 232 g/mol. The summed E-state index contributed by atoms with van der Waals surface area (Å²) in [5, 5.41) is 0. The van der Waals surface area contributed by atoms with E-state index in [1.807, 2.05) is 53.7 Å². The molecule has 0 N–H and O–H groups in total. The Morgan fingerprint density at radius 1 is 0.688 bits per heavy atom. The molecular weight excluding hydrogens is 208 g/mol. The van der Waals surface area contributed by atoms with E-state index in [1.165, 1.54) is 0 Å². The lowest BCUT2D eigenvalue weighted by Gasteiger charge is -2.17. The smallest absolute Gasteiger partial charge is 0.100 e. The minimum atomic E-state index is -0.278. The molecule has 0 unspecified atom stereocenters. The van der Waals surface area contributed by atoms with Crippen LogP contribution >= 0.6 is 0 Å². The number of rotatable bonds is 6. The third-order valence-electron chi connectivity index (χ3n) is 1.11. The van der Waals surface area contributed by atoms with E-state index in [9.17, 15) is 0 Å². The molecule has 0 aliphatic carbocycles. The normalized spacial score (nSPS) is 13.6. The highest BCUT2D eigenvalue weighted by atomic mass is 17.2. The van der Waals surface area contributed by atoms with E-state index in [0.717, 1.165) is 0 Å². The Bertz CT molecular complexity index is 176. The molecule has 0 aliphatic heterocycles. The SMILES string of the molecule is CC(C)(C)OOCC=CCOOC(C)(C)C. The summed E-state index contributed by atoms with van der Waals surface area (Å²) in [7, 11) is 0. The van der Waals surface area contributed by atoms with Crippen LogP contribution in [0.4, 0.5) is 0 Å². The first-order valence-corrected chi connectivity index (χ1v) is 5.47. The summed E-state index contributed by atoms with van der Waals surface area (Å²) in [6, 6.07) is 0. The Kier molecular flexibility index (Phi) is 6.83. The van der Waals surface area contributed by atoms with Crippen LogP contribution in [0.3, 0.4) is 0 Å². The second-order valence-electron chi connectivity index (χ2n) is 5.43. The van der Waals surface area contributed by atoms with Crippen LogP contribution < -0.4 is 0 Å². The van der Waals surface area contributed by atoms with E-state index in [1.54, 1.807) is 0 Å². The van der Waals surface area contributed by atoms with Crippen molar-refractivity contribution in [3.8, 4) is 0 Å². The van der Waals surface area contributed by atoms with Crippen LogP contribution in [0.1, 0.15) is 41.5 Å². The largest absolute Gasteiger partial charge is 0.232 e. The minimum Gasteiger partial charge on any atom is -0.232 e. The molecule has 96 valence electrons. The maximum absolute atomic E-state index is 5.07. The topological polar surface area (TPSA) is 36.9 Å². The maximum atomic E-state index is 5.07. The lowest BCUT2D eigenvalue weighted by atomic mass is 10.2. The molecule has 0 aromatic carbocycles. The van der Waals surface area contributed by atoms with E-state index in [2.05, 4.69) is 0 Å². The van der Waals surface area contributed by atoms with Crippen molar-refractivity contribution in [2.24, 2.45) is 0 Å². The van der Waals surface area contributed by atoms with Gasteiger partial charge in [0.15, 0.2) is 0 Å². The summed E-state index contributed by atoms with van der Waals surface area (Å²) in [4.78, 5) is 20.1. The molecule has 0 amide bonds. The quantitative estimate of drug-likeness (QED) is 0.305. The molecule has 0 radical (unpaired) electrons. The van der Waals surface area contributed by atoms with Crippen molar-refractivity contribution in [1.29, 1.82) is 0 Å². The summed E-state index contributed by atoms with van der Waals surface area (Å²) in [5.41, 5.74) is -0.556. The van der Waals surface area contributed by atoms with Crippen molar-refractivity contribution in [2.75, 3.05) is 13.2 Å². The lowest BCUT2D eigenvalue weighted by Crippen LogP contribution is -2.19. The van der Waals surface area contributed by atoms with Gasteiger partial charge in [0.05, 0.1) is 11.2 Å². The predicted octanol–water partition coefficient (Wildman–Crippen LogP) is 3.04. The molecule has 0 fully saturated rings. The van der Waals surface area contributed by atoms with E-state index in [-0.39, 0.29) is 11.2 Å². The highest BCUT2D eigenvalue weighted by Gasteiger charge is 2.11. The van der Waals surface area contributed by atoms with Crippen molar-refractivity contribution in [3.63, 3.8) is 0 Å². The van der Waals surface area contributed by atoms with Gasteiger partial charge in [-0.15, -0.1) is 0 Å². The van der Waals surface area contributed by atoms with Gasteiger partial charge in [-0.2, -0.15) is 0 Å². The van der Waals surface area contributed by atoms with Gasteiger partial charge in [0.2, 0.25) is 0 Å². The molecule has 4 heteroatoms. The molecule has 0 bridgehead atoms. The van der Waals surface area contributed by atoms with Crippen molar-refractivity contribution in [2.45, 2.75) is 52.7 Å². The predicted molar refractivity (Wildman–Crippen MR) is 62.7 cm³/mol. The van der Waals surface area contributed by atoms with Crippen LogP contribution in [0.2, 0.25) is 0 Å². The summed E-state index contributed by atoms with van der Waals surface area (Å²) in [5.74, 6) is 0. The summed E-state index contributed by atoms with van der Waals surface area (Å²) in [6.45, 7) is 12.4. The third-order valence-corrected chi connectivity index (χ3v) is 1.11. The molecule has 0 saturated carbocycles. The van der Waals surface area contributed by atoms with Crippen molar-refractivity contribution >= 4 is 0 Å². The Morgan fingerprint density at radius 2 is 1.00 bits per heavy atom. The Labute approximate surface area is 98.4 Å². The summed E-state index contributed by atoms with van der Waals surface area (Å²) >= 11 is 0. The second kappa shape index (κ2) is 7.01. The summed E-state index contributed by atoms with van der Waals surface area (Å²) in [6.07, 6.45) is 3.63. The summed E-state index contributed by atoms with van der Waals surface area (Å²) < 4.78 is 0. The minimum absolute atomic E-state index is 0.278. The molecule has 0 rings (SSSR count). The molecule has 0 aromatic heterocycles. The van der Waals surface area contributed by atoms with Crippen LogP contribution in [-0.4, -0.2) is 24.4 Å². The molecule has 0 aliphatic rings. The van der Waals surface area contributed by atoms with Gasteiger partial charge in [-0.25, -0.2) is 19.6 Å². The highest BCUT2D eigenvalue weighted by molar-refractivity contribution is 4.80. The van der Waals surface area contributed by atoms with E-state index in [4.69, 9.17) is 19.6 Å². The van der Waals surface area contributed by atoms with Gasteiger partial charge in [-0.3, -0.25) is 0 Å². The molecule has 0 saturated heterocycles. The van der Waals surface area contributed by atoms with Crippen molar-refractivity contribution in [3.05, 3.63) is 12.2 Å². The monoisotopic (exact) mass is 232 g/mol. The van der Waals surface area contributed by atoms with Crippen LogP contribution in [0.25, 0.3) is 0 Å². The van der Waals surface area contributed by atoms with Crippen LogP contribution in [0.15, 0.2) is 12.2 Å². The van der Waals surface area contributed by atoms with Gasteiger partial charge in [0.1, 0.15) is 13.2 Å². The standard InChI is InChI=1S/C12H24O4/c1-11(2,3)15-13-9-7-8-10-14-16-12(4,5)6/h7-8H,9-10H2,1-6H3. The Hall–Kier alpha value is -0.420. The number of hydrogen-bond acceptors (Lipinski definition) is 4. The van der Waals surface area contributed by atoms with Crippen LogP contribution in [-0.2, 0) is 19.6 Å².